The monoisotopic (exact) mass is 368 g/mol. The average molecular weight is 368 g/mol. The molecule has 0 fully saturated rings. The molecule has 2 aromatic rings. The van der Waals surface area contributed by atoms with Crippen LogP contribution in [0.2, 0.25) is 0 Å². The lowest BCUT2D eigenvalue weighted by atomic mass is 10.2. The van der Waals surface area contributed by atoms with Gasteiger partial charge in [-0.25, -0.2) is 17.6 Å². The van der Waals surface area contributed by atoms with Crippen LogP contribution in [0.3, 0.4) is 0 Å². The van der Waals surface area contributed by atoms with Gasteiger partial charge in [0.15, 0.2) is 23.3 Å². The normalized spacial score (nSPS) is 12.9. The number of halogens is 4. The highest BCUT2D eigenvalue weighted by Crippen LogP contribution is 2.36. The van der Waals surface area contributed by atoms with Gasteiger partial charge in [-0.2, -0.15) is 5.26 Å². The maximum Gasteiger partial charge on any atom is 0.180 e. The van der Waals surface area contributed by atoms with Crippen LogP contribution in [0.4, 0.5) is 23.2 Å². The summed E-state index contributed by atoms with van der Waals surface area (Å²) in [5.74, 6) is -6.68. The lowest BCUT2D eigenvalue weighted by molar-refractivity contribution is 0.423. The molecule has 0 bridgehead atoms. The molecule has 0 amide bonds. The molecule has 1 aliphatic rings. The fourth-order valence-corrected chi connectivity index (χ4v) is 3.74. The molecule has 0 atom stereocenters. The van der Waals surface area contributed by atoms with Crippen molar-refractivity contribution in [2.45, 2.75) is 11.3 Å². The molecule has 1 heterocycles. The van der Waals surface area contributed by atoms with Crippen LogP contribution in [0.5, 0.6) is 0 Å². The number of rotatable bonds is 1. The van der Waals surface area contributed by atoms with E-state index < -0.39 is 33.7 Å². The molecule has 0 saturated carbocycles. The summed E-state index contributed by atoms with van der Waals surface area (Å²) in [7, 11) is 0. The second-order valence-electron chi connectivity index (χ2n) is 4.97. The first-order valence-electron chi connectivity index (χ1n) is 6.79. The summed E-state index contributed by atoms with van der Waals surface area (Å²) in [5.41, 5.74) is 0.538. The van der Waals surface area contributed by atoms with Crippen LogP contribution in [0.25, 0.3) is 0 Å². The number of hydrogen-bond acceptors (Lipinski definition) is 3. The largest absolute Gasteiger partial charge is 0.326 e. The average Bonchev–Trinajstić information content (AvgIpc) is 3.01. The standard InChI is InChI=1S/C16H8F4N2S2/c17-11-9(7-21)12(18)14(20)15(13(11)19)24-16(23)22-6-5-8-3-1-2-4-10(8)22/h1-4H,5-6H2. The lowest BCUT2D eigenvalue weighted by Gasteiger charge is -2.20. The minimum Gasteiger partial charge on any atom is -0.326 e. The highest BCUT2D eigenvalue weighted by Gasteiger charge is 2.29. The van der Waals surface area contributed by atoms with Gasteiger partial charge in [0.2, 0.25) is 0 Å². The van der Waals surface area contributed by atoms with Gasteiger partial charge >= 0.3 is 0 Å². The van der Waals surface area contributed by atoms with Gasteiger partial charge < -0.3 is 4.90 Å². The van der Waals surface area contributed by atoms with Crippen LogP contribution < -0.4 is 4.90 Å². The van der Waals surface area contributed by atoms with Crippen molar-refractivity contribution in [3.63, 3.8) is 0 Å². The highest BCUT2D eigenvalue weighted by atomic mass is 32.2. The summed E-state index contributed by atoms with van der Waals surface area (Å²) in [6.07, 6.45) is 0.706. The summed E-state index contributed by atoms with van der Waals surface area (Å²) in [6.45, 7) is 0.510. The molecule has 122 valence electrons. The highest BCUT2D eigenvalue weighted by molar-refractivity contribution is 8.23. The van der Waals surface area contributed by atoms with Gasteiger partial charge in [0.25, 0.3) is 0 Å². The number of thioether (sulfide) groups is 1. The predicted octanol–water partition coefficient (Wildman–Crippen LogP) is 4.55. The van der Waals surface area contributed by atoms with Crippen molar-refractivity contribution in [2.75, 3.05) is 11.4 Å². The van der Waals surface area contributed by atoms with Gasteiger partial charge in [-0.1, -0.05) is 42.2 Å². The first kappa shape index (κ1) is 16.7. The van der Waals surface area contributed by atoms with E-state index in [2.05, 4.69) is 0 Å². The molecule has 0 aliphatic carbocycles. The summed E-state index contributed by atoms with van der Waals surface area (Å²) >= 11 is 5.61. The quantitative estimate of drug-likeness (QED) is 0.319. The second kappa shape index (κ2) is 6.42. The van der Waals surface area contributed by atoms with E-state index in [1.165, 1.54) is 0 Å². The topological polar surface area (TPSA) is 27.0 Å². The zero-order chi connectivity index (χ0) is 17.4. The van der Waals surface area contributed by atoms with Gasteiger partial charge in [-0.05, 0) is 18.1 Å². The Labute approximate surface area is 144 Å². The fourth-order valence-electron chi connectivity index (χ4n) is 2.47. The second-order valence-corrected chi connectivity index (χ2v) is 6.61. The lowest BCUT2D eigenvalue weighted by Crippen LogP contribution is -2.24. The van der Waals surface area contributed by atoms with E-state index in [9.17, 15) is 17.6 Å². The molecule has 3 rings (SSSR count). The van der Waals surface area contributed by atoms with E-state index in [0.29, 0.717) is 24.7 Å². The van der Waals surface area contributed by atoms with Crippen LogP contribution in [-0.4, -0.2) is 10.9 Å². The molecule has 0 saturated heterocycles. The number of thiocarbonyl (C=S) groups is 1. The van der Waals surface area contributed by atoms with Crippen molar-refractivity contribution in [1.82, 2.24) is 0 Å². The van der Waals surface area contributed by atoms with E-state index in [1.807, 2.05) is 18.2 Å². The third-order valence-corrected chi connectivity index (χ3v) is 5.06. The Kier molecular flexibility index (Phi) is 4.47. The number of nitrogens with zero attached hydrogens (tertiary/aromatic N) is 2. The maximum atomic E-state index is 14.0. The van der Waals surface area contributed by atoms with E-state index in [4.69, 9.17) is 17.5 Å². The van der Waals surface area contributed by atoms with Gasteiger partial charge in [-0.3, -0.25) is 0 Å². The summed E-state index contributed by atoms with van der Waals surface area (Å²) in [4.78, 5) is 0.765. The molecular weight excluding hydrogens is 360 g/mol. The Balaban J connectivity index is 1.96. The van der Waals surface area contributed by atoms with Crippen LogP contribution >= 0.6 is 24.0 Å². The van der Waals surface area contributed by atoms with E-state index >= 15 is 0 Å². The van der Waals surface area contributed by atoms with Gasteiger partial charge in [0.05, 0.1) is 4.90 Å². The molecule has 2 nitrogen and oxygen atoms in total. The van der Waals surface area contributed by atoms with Gasteiger partial charge in [0.1, 0.15) is 16.0 Å². The number of benzene rings is 2. The molecule has 0 aromatic heterocycles. The molecule has 0 N–H and O–H groups in total. The Bertz CT molecular complexity index is 863. The fraction of sp³-hybridized carbons (Fsp3) is 0.125. The van der Waals surface area contributed by atoms with Gasteiger partial charge in [0, 0.05) is 12.2 Å². The molecule has 2 aromatic carbocycles. The van der Waals surface area contributed by atoms with E-state index in [1.54, 1.807) is 11.0 Å². The molecule has 0 unspecified atom stereocenters. The van der Waals surface area contributed by atoms with Crippen molar-refractivity contribution in [3.05, 3.63) is 58.7 Å². The zero-order valence-electron chi connectivity index (χ0n) is 11.9. The maximum absolute atomic E-state index is 14.0. The molecule has 24 heavy (non-hydrogen) atoms. The minimum atomic E-state index is -1.72. The van der Waals surface area contributed by atoms with Crippen molar-refractivity contribution >= 4 is 34.0 Å². The predicted molar refractivity (Wildman–Crippen MR) is 86.9 cm³/mol. The molecule has 1 aliphatic heterocycles. The van der Waals surface area contributed by atoms with Crippen molar-refractivity contribution in [2.24, 2.45) is 0 Å². The number of nitriles is 1. The summed E-state index contributed by atoms with van der Waals surface area (Å²) in [6, 6.07) is 8.49. The van der Waals surface area contributed by atoms with Crippen molar-refractivity contribution in [3.8, 4) is 6.07 Å². The SMILES string of the molecule is N#Cc1c(F)c(F)c(SC(=S)N2CCc3ccccc32)c(F)c1F. The van der Waals surface area contributed by atoms with Crippen molar-refractivity contribution < 1.29 is 17.6 Å². The summed E-state index contributed by atoms with van der Waals surface area (Å²) < 4.78 is 55.5. The molecule has 8 heteroatoms. The number of fused-ring (bicyclic) bond motifs is 1. The van der Waals surface area contributed by atoms with Crippen LogP contribution in [-0.2, 0) is 6.42 Å². The van der Waals surface area contributed by atoms with E-state index in [-0.39, 0.29) is 4.32 Å². The Hall–Kier alpha value is -2.11. The Morgan fingerprint density at radius 1 is 1.08 bits per heavy atom. The van der Waals surface area contributed by atoms with Crippen LogP contribution in [0, 0.1) is 34.6 Å². The number of hydrogen-bond donors (Lipinski definition) is 0. The minimum absolute atomic E-state index is 0.0706. The number of anilines is 1. The van der Waals surface area contributed by atoms with Crippen molar-refractivity contribution in [1.29, 1.82) is 5.26 Å². The molecule has 0 spiro atoms. The van der Waals surface area contributed by atoms with E-state index in [0.717, 1.165) is 17.3 Å². The van der Waals surface area contributed by atoms with Gasteiger partial charge in [-0.15, -0.1) is 0 Å². The molecule has 0 radical (unpaired) electrons. The smallest absolute Gasteiger partial charge is 0.180 e. The number of para-hydroxylation sites is 1. The molecular formula is C16H8F4N2S2. The van der Waals surface area contributed by atoms with Crippen LogP contribution in [0.15, 0.2) is 29.2 Å². The third kappa shape index (κ3) is 2.64. The Morgan fingerprint density at radius 3 is 2.33 bits per heavy atom. The third-order valence-electron chi connectivity index (χ3n) is 3.63. The first-order valence-corrected chi connectivity index (χ1v) is 8.01. The Morgan fingerprint density at radius 2 is 1.71 bits per heavy atom. The first-order chi connectivity index (χ1) is 11.5. The zero-order valence-corrected chi connectivity index (χ0v) is 13.6. The summed E-state index contributed by atoms with van der Waals surface area (Å²) in [5, 5.41) is 8.60. The van der Waals surface area contributed by atoms with Crippen LogP contribution in [0.1, 0.15) is 11.1 Å².